The molecule has 0 saturated carbocycles. The van der Waals surface area contributed by atoms with Crippen LogP contribution in [0.15, 0.2) is 48.5 Å². The molecule has 9 heteroatoms. The average Bonchev–Trinajstić information content (AvgIpc) is 2.80. The first-order chi connectivity index (χ1) is 15.4. The monoisotopic (exact) mass is 434 g/mol. The summed E-state index contributed by atoms with van der Waals surface area (Å²) < 4.78 is 0. The third kappa shape index (κ3) is 2.96. The van der Waals surface area contributed by atoms with Crippen LogP contribution in [0.3, 0.4) is 0 Å². The van der Waals surface area contributed by atoms with Crippen LogP contribution in [0.5, 0.6) is 0 Å². The molecule has 4 amide bonds. The number of anilines is 1. The maximum Gasteiger partial charge on any atom is 0.331 e. The van der Waals surface area contributed by atoms with Gasteiger partial charge in [0.05, 0.1) is 17.5 Å². The van der Waals surface area contributed by atoms with Gasteiger partial charge in [-0.05, 0) is 36.5 Å². The van der Waals surface area contributed by atoms with Crippen LogP contribution in [0.2, 0.25) is 0 Å². The molecule has 2 fully saturated rings. The maximum absolute atomic E-state index is 13.9. The number of piperidine rings is 1. The van der Waals surface area contributed by atoms with Gasteiger partial charge in [0, 0.05) is 30.8 Å². The average molecular weight is 434 g/mol. The number of hydrogen-bond donors (Lipinski definition) is 1. The summed E-state index contributed by atoms with van der Waals surface area (Å²) in [5.74, 6) is -1.16. The Kier molecular flexibility index (Phi) is 4.69. The molecule has 32 heavy (non-hydrogen) atoms. The summed E-state index contributed by atoms with van der Waals surface area (Å²) in [6, 6.07) is 12.6. The zero-order chi connectivity index (χ0) is 22.5. The van der Waals surface area contributed by atoms with Crippen molar-refractivity contribution >= 4 is 29.2 Å². The number of rotatable bonds is 3. The molecule has 0 unspecified atom stereocenters. The topological polar surface area (TPSA) is 113 Å². The number of carbonyl (C=O) groups excluding carboxylic acids is 3. The molecule has 0 aromatic heterocycles. The van der Waals surface area contributed by atoms with Crippen molar-refractivity contribution in [3.05, 3.63) is 69.8 Å². The Balaban J connectivity index is 1.61. The predicted octanol–water partition coefficient (Wildman–Crippen LogP) is 2.77. The second-order valence-corrected chi connectivity index (χ2v) is 8.56. The number of nitro benzene ring substituents is 1. The lowest BCUT2D eigenvalue weighted by molar-refractivity contribution is -0.384. The molecule has 2 saturated heterocycles. The molecule has 1 N–H and O–H groups in total. The summed E-state index contributed by atoms with van der Waals surface area (Å²) >= 11 is 0. The summed E-state index contributed by atoms with van der Waals surface area (Å²) in [7, 11) is 0. The lowest BCUT2D eigenvalue weighted by Crippen LogP contribution is -2.72. The molecule has 164 valence electrons. The molecule has 2 aromatic carbocycles. The number of hydrogen-bond acceptors (Lipinski definition) is 6. The fraction of sp³-hybridized carbons (Fsp3) is 0.348. The van der Waals surface area contributed by atoms with Gasteiger partial charge < -0.3 is 4.90 Å². The minimum absolute atomic E-state index is 0.0222. The summed E-state index contributed by atoms with van der Waals surface area (Å²) in [5.41, 5.74) is 0.571. The minimum atomic E-state index is -1.51. The van der Waals surface area contributed by atoms with Crippen LogP contribution in [0.25, 0.3) is 0 Å². The van der Waals surface area contributed by atoms with Gasteiger partial charge >= 0.3 is 6.03 Å². The number of nitro groups is 1. The predicted molar refractivity (Wildman–Crippen MR) is 115 cm³/mol. The number of amides is 4. The van der Waals surface area contributed by atoms with E-state index < -0.39 is 34.2 Å². The van der Waals surface area contributed by atoms with Crippen molar-refractivity contribution < 1.29 is 19.3 Å². The van der Waals surface area contributed by atoms with Crippen LogP contribution in [-0.4, -0.2) is 40.3 Å². The van der Waals surface area contributed by atoms with E-state index in [-0.39, 0.29) is 18.7 Å². The van der Waals surface area contributed by atoms with Crippen LogP contribution in [0.4, 0.5) is 16.2 Å². The number of urea groups is 1. The molecule has 9 nitrogen and oxygen atoms in total. The highest BCUT2D eigenvalue weighted by atomic mass is 16.6. The highest BCUT2D eigenvalue weighted by molar-refractivity contribution is 6.20. The Morgan fingerprint density at radius 2 is 1.88 bits per heavy atom. The fourth-order valence-corrected chi connectivity index (χ4v) is 5.32. The van der Waals surface area contributed by atoms with E-state index in [4.69, 9.17) is 0 Å². The van der Waals surface area contributed by atoms with Gasteiger partial charge in [0.25, 0.3) is 5.69 Å². The first-order valence-electron chi connectivity index (χ1n) is 10.7. The van der Waals surface area contributed by atoms with Crippen molar-refractivity contribution in [3.8, 4) is 0 Å². The quantitative estimate of drug-likeness (QED) is 0.452. The van der Waals surface area contributed by atoms with Crippen molar-refractivity contribution in [2.24, 2.45) is 5.41 Å². The van der Waals surface area contributed by atoms with E-state index in [1.54, 1.807) is 6.07 Å². The van der Waals surface area contributed by atoms with Crippen LogP contribution in [0, 0.1) is 15.5 Å². The molecule has 2 aromatic rings. The smallest absolute Gasteiger partial charge is 0.331 e. The van der Waals surface area contributed by atoms with Crippen LogP contribution >= 0.6 is 0 Å². The number of carbonyl (C=O) groups is 3. The number of nitrogens with zero attached hydrogens (tertiary/aromatic N) is 3. The van der Waals surface area contributed by atoms with Crippen molar-refractivity contribution in [1.29, 1.82) is 0 Å². The Bertz CT molecular complexity index is 1130. The van der Waals surface area contributed by atoms with Gasteiger partial charge in [-0.1, -0.05) is 30.3 Å². The van der Waals surface area contributed by atoms with Gasteiger partial charge in [-0.15, -0.1) is 0 Å². The van der Waals surface area contributed by atoms with Crippen molar-refractivity contribution in [1.82, 2.24) is 10.2 Å². The van der Waals surface area contributed by atoms with Gasteiger partial charge in [0.15, 0.2) is 5.41 Å². The van der Waals surface area contributed by atoms with E-state index in [9.17, 15) is 24.5 Å². The van der Waals surface area contributed by atoms with Crippen molar-refractivity contribution in [2.45, 2.75) is 38.3 Å². The van der Waals surface area contributed by atoms with E-state index in [1.807, 2.05) is 35.2 Å². The van der Waals surface area contributed by atoms with Gasteiger partial charge in [0.2, 0.25) is 11.8 Å². The molecular weight excluding hydrogens is 412 g/mol. The number of barbiturate groups is 1. The zero-order valence-corrected chi connectivity index (χ0v) is 17.3. The Labute approximate surface area is 184 Å². The maximum atomic E-state index is 13.9. The van der Waals surface area contributed by atoms with Gasteiger partial charge in [-0.2, -0.15) is 0 Å². The second kappa shape index (κ2) is 7.44. The lowest BCUT2D eigenvalue weighted by atomic mass is 9.66. The molecule has 0 aliphatic carbocycles. The highest BCUT2D eigenvalue weighted by Crippen LogP contribution is 2.48. The molecular formula is C23H22N4O5. The normalized spacial score (nSPS) is 24.8. The lowest BCUT2D eigenvalue weighted by Gasteiger charge is -2.53. The molecule has 3 heterocycles. The number of imide groups is 2. The van der Waals surface area contributed by atoms with Crippen LogP contribution in [-0.2, 0) is 22.6 Å². The number of non-ortho nitro benzene ring substituents is 1. The van der Waals surface area contributed by atoms with E-state index in [0.29, 0.717) is 18.5 Å². The van der Waals surface area contributed by atoms with E-state index in [1.165, 1.54) is 12.1 Å². The fourth-order valence-electron chi connectivity index (χ4n) is 5.32. The van der Waals surface area contributed by atoms with Gasteiger partial charge in [0.1, 0.15) is 0 Å². The molecule has 5 rings (SSSR count). The SMILES string of the molecule is O=C1NC(=O)[C@]2(Cc3cc([N+](=O)[O-])ccc3N3CCCC[C@H]32)C(=O)N1Cc1ccccc1. The number of benzene rings is 2. The summed E-state index contributed by atoms with van der Waals surface area (Å²) in [6.07, 6.45) is 2.40. The zero-order valence-electron chi connectivity index (χ0n) is 17.3. The first-order valence-corrected chi connectivity index (χ1v) is 10.7. The minimum Gasteiger partial charge on any atom is -0.367 e. The van der Waals surface area contributed by atoms with Gasteiger partial charge in [-0.3, -0.25) is 29.9 Å². The van der Waals surface area contributed by atoms with E-state index in [0.717, 1.165) is 29.0 Å². The highest BCUT2D eigenvalue weighted by Gasteiger charge is 2.62. The van der Waals surface area contributed by atoms with Crippen LogP contribution in [0.1, 0.15) is 30.4 Å². The summed E-state index contributed by atoms with van der Waals surface area (Å²) in [5, 5.41) is 13.8. The Morgan fingerprint density at radius 3 is 2.62 bits per heavy atom. The Hall–Kier alpha value is -3.75. The number of fused-ring (bicyclic) bond motifs is 4. The third-order valence-electron chi connectivity index (χ3n) is 6.81. The van der Waals surface area contributed by atoms with E-state index >= 15 is 0 Å². The molecule has 0 radical (unpaired) electrons. The molecule has 0 bridgehead atoms. The third-order valence-corrected chi connectivity index (χ3v) is 6.81. The van der Waals surface area contributed by atoms with Crippen molar-refractivity contribution in [3.63, 3.8) is 0 Å². The standard InChI is InChI=1S/C23H22N4O5/c28-20-23(21(29)26(22(30)24-20)14-15-6-2-1-3-7-15)13-16-12-17(27(31)32)9-10-18(16)25-11-5-4-8-19(23)25/h1-3,6-7,9-10,12,19H,4-5,8,11,13-14H2,(H,24,28,30)/t19-,23+/m0/s1. The van der Waals surface area contributed by atoms with Gasteiger partial charge in [-0.25, -0.2) is 4.79 Å². The largest absolute Gasteiger partial charge is 0.367 e. The first kappa shape index (κ1) is 20.2. The molecule has 2 atom stereocenters. The number of nitrogens with one attached hydrogen (secondary N) is 1. The molecule has 3 aliphatic heterocycles. The van der Waals surface area contributed by atoms with Crippen LogP contribution < -0.4 is 10.2 Å². The Morgan fingerprint density at radius 1 is 1.09 bits per heavy atom. The molecule has 3 aliphatic rings. The van der Waals surface area contributed by atoms with E-state index in [2.05, 4.69) is 5.32 Å². The summed E-state index contributed by atoms with van der Waals surface area (Å²) in [4.78, 5) is 53.9. The molecule has 1 spiro atoms. The van der Waals surface area contributed by atoms with Crippen molar-refractivity contribution in [2.75, 3.05) is 11.4 Å². The second-order valence-electron chi connectivity index (χ2n) is 8.56. The summed E-state index contributed by atoms with van der Waals surface area (Å²) in [6.45, 7) is 0.694.